The molecule has 2 unspecified atom stereocenters. The zero-order valence-corrected chi connectivity index (χ0v) is 33.1. The summed E-state index contributed by atoms with van der Waals surface area (Å²) >= 11 is 7.48. The van der Waals surface area contributed by atoms with E-state index in [0.717, 1.165) is 4.83 Å². The molecule has 0 saturated heterocycles. The van der Waals surface area contributed by atoms with Crippen molar-refractivity contribution in [3.63, 3.8) is 0 Å². The van der Waals surface area contributed by atoms with Crippen molar-refractivity contribution in [2.45, 2.75) is 256 Å². The number of unbranched alkanes of at least 4 members (excludes halogenated alkanes) is 28. The summed E-state index contributed by atoms with van der Waals surface area (Å²) in [5, 5.41) is 0. The van der Waals surface area contributed by atoms with Crippen molar-refractivity contribution in [3.8, 4) is 0 Å². The zero-order valence-electron chi connectivity index (χ0n) is 30.0. The van der Waals surface area contributed by atoms with E-state index in [9.17, 15) is 0 Å². The fourth-order valence-corrected chi connectivity index (χ4v) is 6.91. The number of rotatable bonds is 34. The van der Waals surface area contributed by atoms with Gasteiger partial charge in [0.1, 0.15) is 0 Å². The monoisotopic (exact) mass is 720 g/mol. The van der Waals surface area contributed by atoms with E-state index in [4.69, 9.17) is 0 Å². The summed E-state index contributed by atoms with van der Waals surface area (Å²) in [6, 6.07) is 0. The summed E-state index contributed by atoms with van der Waals surface area (Å²) in [7, 11) is 0. The summed E-state index contributed by atoms with van der Waals surface area (Å²) in [5.74, 6) is 0. The Hall–Kier alpha value is 0.960. The van der Waals surface area contributed by atoms with Crippen molar-refractivity contribution in [2.75, 3.05) is 0 Å². The molecule has 0 bridgehead atoms. The zero-order chi connectivity index (χ0) is 31.2. The van der Waals surface area contributed by atoms with Gasteiger partial charge in [0.25, 0.3) is 0 Å². The van der Waals surface area contributed by atoms with Gasteiger partial charge in [0.05, 0.1) is 0 Å². The molecule has 42 heavy (non-hydrogen) atoms. The summed E-state index contributed by atoms with van der Waals surface area (Å²) in [4.78, 5) is 1.45. The Bertz CT molecular complexity index is 417. The lowest BCUT2D eigenvalue weighted by atomic mass is 10.0. The lowest BCUT2D eigenvalue weighted by Gasteiger charge is -2.10. The van der Waals surface area contributed by atoms with E-state index >= 15 is 0 Å². The van der Waals surface area contributed by atoms with Crippen LogP contribution in [0.5, 0.6) is 0 Å². The Balaban J connectivity index is 0. The lowest BCUT2D eigenvalue weighted by molar-refractivity contribution is 0.526. The molecule has 256 valence electrons. The van der Waals surface area contributed by atoms with Crippen LogP contribution in [-0.4, -0.2) is 9.65 Å². The molecule has 0 nitrogen and oxygen atoms in total. The second kappa shape index (κ2) is 42.0. The predicted octanol–water partition coefficient (Wildman–Crippen LogP) is 16.8. The van der Waals surface area contributed by atoms with Crippen LogP contribution in [-0.2, 0) is 0 Å². The van der Waals surface area contributed by atoms with Crippen LogP contribution >= 0.6 is 31.9 Å². The van der Waals surface area contributed by atoms with Gasteiger partial charge in [0.2, 0.25) is 0 Å². The van der Waals surface area contributed by atoms with Gasteiger partial charge in [-0.15, -0.1) is 0 Å². The van der Waals surface area contributed by atoms with E-state index in [0.29, 0.717) is 4.83 Å². The van der Waals surface area contributed by atoms with E-state index < -0.39 is 0 Å². The molecule has 0 amide bonds. The first-order chi connectivity index (χ1) is 20.6. The van der Waals surface area contributed by atoms with Gasteiger partial charge >= 0.3 is 0 Å². The van der Waals surface area contributed by atoms with Gasteiger partial charge in [-0.3, -0.25) is 0 Å². The predicted molar refractivity (Wildman–Crippen MR) is 205 cm³/mol. The van der Waals surface area contributed by atoms with Gasteiger partial charge in [-0.25, -0.2) is 0 Å². The van der Waals surface area contributed by atoms with Gasteiger partial charge < -0.3 is 0 Å². The third-order valence-electron chi connectivity index (χ3n) is 8.95. The molecule has 0 aliphatic rings. The quantitative estimate of drug-likeness (QED) is 0.0458. The minimum absolute atomic E-state index is 0.688. The largest absolute Gasteiger partial charge is 0.0894 e. The minimum Gasteiger partial charge on any atom is -0.0894 e. The maximum atomic E-state index is 3.86. The first kappa shape index (κ1) is 45.1. The first-order valence-electron chi connectivity index (χ1n) is 19.9. The molecule has 0 N–H and O–H groups in total. The number of hydrogen-bond acceptors (Lipinski definition) is 0. The Labute approximate surface area is 286 Å². The van der Waals surface area contributed by atoms with Gasteiger partial charge in [0.15, 0.2) is 0 Å². The molecule has 2 atom stereocenters. The highest BCUT2D eigenvalue weighted by Gasteiger charge is 2.04. The molecule has 0 heterocycles. The molecule has 0 rings (SSSR count). The molecule has 0 fully saturated rings. The van der Waals surface area contributed by atoms with Crippen molar-refractivity contribution in [3.05, 3.63) is 0 Å². The van der Waals surface area contributed by atoms with Gasteiger partial charge in [-0.1, -0.05) is 259 Å². The number of halogens is 2. The summed E-state index contributed by atoms with van der Waals surface area (Å²) in [6.45, 7) is 9.13. The highest BCUT2D eigenvalue weighted by atomic mass is 79.9. The van der Waals surface area contributed by atoms with Gasteiger partial charge in [-0.2, -0.15) is 0 Å². The van der Waals surface area contributed by atoms with Crippen molar-refractivity contribution < 1.29 is 0 Å². The molecule has 0 aromatic heterocycles. The molecule has 0 aliphatic heterocycles. The van der Waals surface area contributed by atoms with Crippen LogP contribution in [0.15, 0.2) is 0 Å². The van der Waals surface area contributed by atoms with E-state index in [1.807, 2.05) is 0 Å². The average molecular weight is 723 g/mol. The Morgan fingerprint density at radius 1 is 0.286 bits per heavy atom. The molecule has 0 radical (unpaired) electrons. The van der Waals surface area contributed by atoms with Crippen molar-refractivity contribution in [1.82, 2.24) is 0 Å². The summed E-state index contributed by atoms with van der Waals surface area (Å²) in [6.07, 6.45) is 49.1. The van der Waals surface area contributed by atoms with Crippen LogP contribution in [0, 0.1) is 0 Å². The lowest BCUT2D eigenvalue weighted by Crippen LogP contribution is -1.99. The molecule has 0 aromatic rings. The fraction of sp³-hybridized carbons (Fsp3) is 1.00. The third-order valence-corrected chi connectivity index (χ3v) is 10.3. The van der Waals surface area contributed by atoms with E-state index in [1.54, 1.807) is 0 Å². The van der Waals surface area contributed by atoms with Crippen molar-refractivity contribution >= 4 is 31.9 Å². The van der Waals surface area contributed by atoms with Crippen LogP contribution in [0.4, 0.5) is 0 Å². The van der Waals surface area contributed by atoms with Crippen LogP contribution in [0.25, 0.3) is 0 Å². The first-order valence-corrected chi connectivity index (χ1v) is 21.7. The third kappa shape index (κ3) is 45.4. The second-order valence-electron chi connectivity index (χ2n) is 13.6. The normalized spacial score (nSPS) is 12.7. The second-order valence-corrected chi connectivity index (χ2v) is 16.5. The van der Waals surface area contributed by atoms with Crippen LogP contribution in [0.1, 0.15) is 246 Å². The van der Waals surface area contributed by atoms with E-state index in [-0.39, 0.29) is 0 Å². The maximum absolute atomic E-state index is 3.86. The molecular formula is C40H82Br2. The average Bonchev–Trinajstić information content (AvgIpc) is 2.98. The Morgan fingerprint density at radius 3 is 0.714 bits per heavy atom. The maximum Gasteiger partial charge on any atom is 0.0145 e. The standard InChI is InChI=1S/C20H40Br2.C20H42/c1-3-4-5-6-7-8-9-10-11-12-13-17-20(22)18-15-14-16-19(2)21;1-3-5-7-9-11-13-15-17-19-20-18-16-14-12-10-8-6-4-2/h19-20H,3-18H2,1-2H3;3-20H2,1-2H3. The SMILES string of the molecule is CCCCCCCCCCCCCC(Br)CCCCC(C)Br.CCCCCCCCCCCCCCCCCCCC. The van der Waals surface area contributed by atoms with Crippen LogP contribution in [0.3, 0.4) is 0 Å². The highest BCUT2D eigenvalue weighted by Crippen LogP contribution is 2.20. The molecular weight excluding hydrogens is 640 g/mol. The molecule has 0 aromatic carbocycles. The smallest absolute Gasteiger partial charge is 0.0145 e. The van der Waals surface area contributed by atoms with Crippen LogP contribution in [0.2, 0.25) is 0 Å². The van der Waals surface area contributed by atoms with Gasteiger partial charge in [0, 0.05) is 9.65 Å². The van der Waals surface area contributed by atoms with E-state index in [2.05, 4.69) is 59.6 Å². The number of alkyl halides is 2. The highest BCUT2D eigenvalue weighted by molar-refractivity contribution is 9.09. The van der Waals surface area contributed by atoms with Gasteiger partial charge in [-0.05, 0) is 19.3 Å². The molecule has 0 saturated carbocycles. The summed E-state index contributed by atoms with van der Waals surface area (Å²) in [5.41, 5.74) is 0. The summed E-state index contributed by atoms with van der Waals surface area (Å²) < 4.78 is 0. The van der Waals surface area contributed by atoms with Crippen molar-refractivity contribution in [2.24, 2.45) is 0 Å². The Morgan fingerprint density at radius 2 is 0.476 bits per heavy atom. The molecule has 2 heteroatoms. The van der Waals surface area contributed by atoms with Crippen molar-refractivity contribution in [1.29, 1.82) is 0 Å². The molecule has 0 aliphatic carbocycles. The molecule has 0 spiro atoms. The van der Waals surface area contributed by atoms with E-state index in [1.165, 1.54) is 218 Å². The number of hydrogen-bond donors (Lipinski definition) is 0. The van der Waals surface area contributed by atoms with Crippen LogP contribution < -0.4 is 0 Å². The Kier molecular flexibility index (Phi) is 45.0. The minimum atomic E-state index is 0.688. The topological polar surface area (TPSA) is 0 Å². The fourth-order valence-electron chi connectivity index (χ4n) is 5.94.